The largest absolute Gasteiger partial charge is 0.324 e. The number of anilines is 1. The van der Waals surface area contributed by atoms with E-state index in [1.165, 1.54) is 37.1 Å². The molecule has 4 rings (SSSR count). The van der Waals surface area contributed by atoms with Crippen molar-refractivity contribution in [2.75, 3.05) is 25.0 Å². The van der Waals surface area contributed by atoms with Gasteiger partial charge in [0.2, 0.25) is 0 Å². The van der Waals surface area contributed by atoms with Crippen molar-refractivity contribution in [2.24, 2.45) is 0 Å². The number of rotatable bonds is 4. The lowest BCUT2D eigenvalue weighted by Crippen LogP contribution is -2.40. The number of urea groups is 1. The number of hydrogen-bond donors (Lipinski definition) is 2. The molecular formula is C22H31N5O. The Morgan fingerprint density at radius 3 is 2.79 bits per heavy atom. The van der Waals surface area contributed by atoms with Crippen molar-refractivity contribution in [2.45, 2.75) is 57.5 Å². The maximum Gasteiger partial charge on any atom is 0.321 e. The van der Waals surface area contributed by atoms with Crippen LogP contribution in [0.5, 0.6) is 0 Å². The smallest absolute Gasteiger partial charge is 0.321 e. The van der Waals surface area contributed by atoms with E-state index in [0.717, 1.165) is 38.2 Å². The molecule has 0 aliphatic carbocycles. The van der Waals surface area contributed by atoms with Gasteiger partial charge in [-0.2, -0.15) is 5.10 Å². The third-order valence-electron chi connectivity index (χ3n) is 6.25. The molecule has 0 saturated carbocycles. The molecule has 0 radical (unpaired) electrons. The minimum atomic E-state index is 0.00607. The van der Waals surface area contributed by atoms with Crippen molar-refractivity contribution in [3.8, 4) is 0 Å². The van der Waals surface area contributed by atoms with Crippen molar-refractivity contribution in [3.63, 3.8) is 0 Å². The molecular weight excluding hydrogens is 350 g/mol. The van der Waals surface area contributed by atoms with Crippen molar-refractivity contribution in [1.82, 2.24) is 20.0 Å². The number of likely N-dealkylation sites (tertiary alicyclic amines) is 2. The molecule has 1 aromatic heterocycles. The molecule has 2 amide bonds. The van der Waals surface area contributed by atoms with Gasteiger partial charge in [-0.3, -0.25) is 10.00 Å². The lowest BCUT2D eigenvalue weighted by atomic mass is 9.94. The summed E-state index contributed by atoms with van der Waals surface area (Å²) in [5.41, 5.74) is 3.34. The third-order valence-corrected chi connectivity index (χ3v) is 6.25. The van der Waals surface area contributed by atoms with Gasteiger partial charge in [0.25, 0.3) is 0 Å². The number of hydrogen-bond acceptors (Lipinski definition) is 3. The Labute approximate surface area is 167 Å². The Balaban J connectivity index is 1.31. The summed E-state index contributed by atoms with van der Waals surface area (Å²) in [6, 6.07) is 11.0. The first-order valence-corrected chi connectivity index (χ1v) is 10.6. The van der Waals surface area contributed by atoms with Crippen LogP contribution in [-0.2, 0) is 6.54 Å². The highest BCUT2D eigenvalue weighted by atomic mass is 16.2. The van der Waals surface area contributed by atoms with Crippen molar-refractivity contribution < 1.29 is 4.79 Å². The summed E-state index contributed by atoms with van der Waals surface area (Å²) in [5.74, 6) is 0.474. The number of aromatic nitrogens is 2. The average Bonchev–Trinajstić information content (AvgIpc) is 3.25. The van der Waals surface area contributed by atoms with E-state index < -0.39 is 0 Å². The summed E-state index contributed by atoms with van der Waals surface area (Å²) in [5, 5.41) is 10.2. The van der Waals surface area contributed by atoms with Crippen molar-refractivity contribution in [3.05, 3.63) is 47.8 Å². The Morgan fingerprint density at radius 2 is 2.04 bits per heavy atom. The second kappa shape index (κ2) is 8.78. The number of carbonyl (C=O) groups excluding carboxylic acids is 1. The highest BCUT2D eigenvalue weighted by Gasteiger charge is 2.24. The molecule has 1 atom stereocenters. The van der Waals surface area contributed by atoms with E-state index in [1.807, 2.05) is 23.1 Å². The van der Waals surface area contributed by atoms with E-state index in [2.05, 4.69) is 39.5 Å². The molecule has 0 spiro atoms. The second-order valence-electron chi connectivity index (χ2n) is 8.22. The predicted octanol–water partition coefficient (Wildman–Crippen LogP) is 4.20. The standard InChI is InChI=1S/C22H31N5O/c1-17-5-2-3-12-27(17)16-18-6-4-7-20(15-18)24-22(28)26-13-9-19(10-14-26)21-8-11-23-25-21/h4,6-8,11,15,17,19H,2-3,5,9-10,12-14,16H2,1H3,(H,23,25)(H,24,28). The minimum absolute atomic E-state index is 0.00607. The van der Waals surface area contributed by atoms with Gasteiger partial charge in [0.15, 0.2) is 0 Å². The molecule has 150 valence electrons. The molecule has 3 heterocycles. The first-order chi connectivity index (χ1) is 13.7. The molecule has 6 heteroatoms. The maximum absolute atomic E-state index is 12.7. The van der Waals surface area contributed by atoms with Crippen LogP contribution in [0.1, 0.15) is 56.2 Å². The van der Waals surface area contributed by atoms with E-state index in [1.54, 1.807) is 6.20 Å². The fourth-order valence-corrected chi connectivity index (χ4v) is 4.46. The van der Waals surface area contributed by atoms with Crippen LogP contribution in [0.3, 0.4) is 0 Å². The van der Waals surface area contributed by atoms with Gasteiger partial charge >= 0.3 is 6.03 Å². The van der Waals surface area contributed by atoms with Crippen molar-refractivity contribution in [1.29, 1.82) is 0 Å². The lowest BCUT2D eigenvalue weighted by molar-refractivity contribution is 0.152. The highest BCUT2D eigenvalue weighted by molar-refractivity contribution is 5.89. The van der Waals surface area contributed by atoms with E-state index >= 15 is 0 Å². The first kappa shape index (κ1) is 19.0. The lowest BCUT2D eigenvalue weighted by Gasteiger charge is -2.33. The van der Waals surface area contributed by atoms with Gasteiger partial charge in [-0.1, -0.05) is 18.6 Å². The molecule has 2 aromatic rings. The second-order valence-corrected chi connectivity index (χ2v) is 8.22. The van der Waals surface area contributed by atoms with E-state index in [9.17, 15) is 4.79 Å². The molecule has 2 fully saturated rings. The Kier molecular flexibility index (Phi) is 5.95. The normalized spacial score (nSPS) is 21.6. The predicted molar refractivity (Wildman–Crippen MR) is 111 cm³/mol. The fraction of sp³-hybridized carbons (Fsp3) is 0.545. The Hall–Kier alpha value is -2.34. The number of nitrogens with zero attached hydrogens (tertiary/aromatic N) is 3. The van der Waals surface area contributed by atoms with Crippen LogP contribution in [-0.4, -0.2) is 51.7 Å². The zero-order valence-electron chi connectivity index (χ0n) is 16.7. The maximum atomic E-state index is 12.7. The summed E-state index contributed by atoms with van der Waals surface area (Å²) in [7, 11) is 0. The molecule has 2 saturated heterocycles. The molecule has 6 nitrogen and oxygen atoms in total. The summed E-state index contributed by atoms with van der Waals surface area (Å²) < 4.78 is 0. The number of nitrogens with one attached hydrogen (secondary N) is 2. The van der Waals surface area contributed by atoms with Crippen LogP contribution in [0.2, 0.25) is 0 Å². The fourth-order valence-electron chi connectivity index (χ4n) is 4.46. The van der Waals surface area contributed by atoms with Gasteiger partial charge in [0, 0.05) is 49.2 Å². The zero-order valence-corrected chi connectivity index (χ0v) is 16.7. The van der Waals surface area contributed by atoms with Crippen LogP contribution >= 0.6 is 0 Å². The summed E-state index contributed by atoms with van der Waals surface area (Å²) >= 11 is 0. The topological polar surface area (TPSA) is 64.3 Å². The zero-order chi connectivity index (χ0) is 19.3. The van der Waals surface area contributed by atoms with Gasteiger partial charge in [0.1, 0.15) is 0 Å². The van der Waals surface area contributed by atoms with Gasteiger partial charge in [-0.15, -0.1) is 0 Å². The van der Waals surface area contributed by atoms with Crippen LogP contribution in [0.25, 0.3) is 0 Å². The first-order valence-electron chi connectivity index (χ1n) is 10.6. The quantitative estimate of drug-likeness (QED) is 0.834. The van der Waals surface area contributed by atoms with Crippen LogP contribution in [0, 0.1) is 0 Å². The van der Waals surface area contributed by atoms with Crippen molar-refractivity contribution >= 4 is 11.7 Å². The molecule has 2 N–H and O–H groups in total. The van der Waals surface area contributed by atoms with E-state index in [-0.39, 0.29) is 6.03 Å². The van der Waals surface area contributed by atoms with Gasteiger partial charge in [0.05, 0.1) is 0 Å². The molecule has 1 aromatic carbocycles. The number of H-pyrrole nitrogens is 1. The number of piperidine rings is 2. The Morgan fingerprint density at radius 1 is 1.18 bits per heavy atom. The summed E-state index contributed by atoms with van der Waals surface area (Å²) in [6.07, 6.45) is 7.65. The molecule has 2 aliphatic heterocycles. The molecule has 28 heavy (non-hydrogen) atoms. The highest BCUT2D eigenvalue weighted by Crippen LogP contribution is 2.27. The van der Waals surface area contributed by atoms with Crippen LogP contribution < -0.4 is 5.32 Å². The number of aromatic amines is 1. The number of amides is 2. The third kappa shape index (κ3) is 4.55. The SMILES string of the molecule is CC1CCCCN1Cc1cccc(NC(=O)N2CCC(c3ccn[nH]3)CC2)c1. The van der Waals surface area contributed by atoms with E-state index in [0.29, 0.717) is 12.0 Å². The average molecular weight is 382 g/mol. The molecule has 2 aliphatic rings. The monoisotopic (exact) mass is 381 g/mol. The molecule has 1 unspecified atom stereocenters. The van der Waals surface area contributed by atoms with Gasteiger partial charge < -0.3 is 10.2 Å². The van der Waals surface area contributed by atoms with Crippen LogP contribution in [0.15, 0.2) is 36.5 Å². The summed E-state index contributed by atoms with van der Waals surface area (Å²) in [4.78, 5) is 17.2. The van der Waals surface area contributed by atoms with Gasteiger partial charge in [-0.25, -0.2) is 4.79 Å². The van der Waals surface area contributed by atoms with E-state index in [4.69, 9.17) is 0 Å². The minimum Gasteiger partial charge on any atom is -0.324 e. The Bertz CT molecular complexity index is 767. The number of benzene rings is 1. The molecule has 0 bridgehead atoms. The number of carbonyl (C=O) groups is 1. The summed E-state index contributed by atoms with van der Waals surface area (Å²) in [6.45, 7) is 6.00. The van der Waals surface area contributed by atoms with Gasteiger partial charge in [-0.05, 0) is 62.9 Å². The van der Waals surface area contributed by atoms with Crippen LogP contribution in [0.4, 0.5) is 10.5 Å².